The van der Waals surface area contributed by atoms with E-state index in [1.165, 1.54) is 4.90 Å². The van der Waals surface area contributed by atoms with Gasteiger partial charge in [0.1, 0.15) is 17.7 Å². The average molecular weight is 444 g/mol. The van der Waals surface area contributed by atoms with E-state index in [0.29, 0.717) is 11.1 Å². The summed E-state index contributed by atoms with van der Waals surface area (Å²) in [6.07, 6.45) is 4.99. The maximum Gasteiger partial charge on any atom is 0.408 e. The van der Waals surface area contributed by atoms with Crippen molar-refractivity contribution in [2.24, 2.45) is 5.92 Å². The maximum absolute atomic E-state index is 13.6. The molecule has 0 aliphatic rings. The zero-order valence-corrected chi connectivity index (χ0v) is 20.5. The van der Waals surface area contributed by atoms with E-state index in [0.717, 1.165) is 0 Å². The van der Waals surface area contributed by atoms with Crippen molar-refractivity contribution in [1.29, 1.82) is 0 Å². The van der Waals surface area contributed by atoms with Crippen LogP contribution in [0.2, 0.25) is 0 Å². The lowest BCUT2D eigenvalue weighted by Gasteiger charge is -2.35. The van der Waals surface area contributed by atoms with Gasteiger partial charge in [0.25, 0.3) is 0 Å². The van der Waals surface area contributed by atoms with Crippen LogP contribution in [0.5, 0.6) is 0 Å². The summed E-state index contributed by atoms with van der Waals surface area (Å²) < 4.78 is 5.34. The molecule has 1 aromatic rings. The van der Waals surface area contributed by atoms with Crippen LogP contribution >= 0.6 is 0 Å². The van der Waals surface area contributed by atoms with Gasteiger partial charge in [-0.3, -0.25) is 9.59 Å². The number of alkyl carbamates (subject to hydrolysis) is 1. The van der Waals surface area contributed by atoms with E-state index in [1.54, 1.807) is 52.0 Å². The number of nitrogens with zero attached hydrogens (tertiary/aromatic N) is 1. The Morgan fingerprint density at radius 1 is 1.09 bits per heavy atom. The average Bonchev–Trinajstić information content (AvgIpc) is 2.67. The fourth-order valence-electron chi connectivity index (χ4n) is 3.27. The standard InChI is InChI=1S/C25H37N3O4/c1-10-18-14-12-13-15-19(18)21(22(29)26-17(5)6)28(11-2)23(30)20(16(3)4)27-24(31)32-25(7,8)9/h1,12-17,20-21H,11H2,2-9H3,(H,26,29)(H,27,31). The van der Waals surface area contributed by atoms with Crippen LogP contribution in [0.15, 0.2) is 24.3 Å². The van der Waals surface area contributed by atoms with Crippen molar-refractivity contribution < 1.29 is 19.1 Å². The van der Waals surface area contributed by atoms with Crippen molar-refractivity contribution in [2.45, 2.75) is 79.1 Å². The third kappa shape index (κ3) is 7.60. The molecule has 0 aliphatic heterocycles. The quantitative estimate of drug-likeness (QED) is 0.601. The Morgan fingerprint density at radius 2 is 1.69 bits per heavy atom. The first-order chi connectivity index (χ1) is 14.8. The van der Waals surface area contributed by atoms with Gasteiger partial charge in [0.05, 0.1) is 0 Å². The molecule has 0 saturated carbocycles. The second-order valence-corrected chi connectivity index (χ2v) is 9.29. The molecular weight excluding hydrogens is 406 g/mol. The van der Waals surface area contributed by atoms with Crippen molar-refractivity contribution >= 4 is 17.9 Å². The number of rotatable bonds is 8. The Hall–Kier alpha value is -3.01. The van der Waals surface area contributed by atoms with Gasteiger partial charge in [0.2, 0.25) is 11.8 Å². The van der Waals surface area contributed by atoms with Crippen molar-refractivity contribution in [3.8, 4) is 12.3 Å². The Labute approximate surface area is 192 Å². The van der Waals surface area contributed by atoms with Crippen molar-refractivity contribution in [1.82, 2.24) is 15.5 Å². The predicted molar refractivity (Wildman–Crippen MR) is 126 cm³/mol. The highest BCUT2D eigenvalue weighted by Crippen LogP contribution is 2.26. The molecule has 0 fully saturated rings. The molecule has 176 valence electrons. The molecule has 0 aliphatic carbocycles. The maximum atomic E-state index is 13.6. The summed E-state index contributed by atoms with van der Waals surface area (Å²) in [5.74, 6) is 1.65. The number of benzene rings is 1. The summed E-state index contributed by atoms with van der Waals surface area (Å²) in [6.45, 7) is 14.6. The number of ether oxygens (including phenoxy) is 1. The second kappa shape index (κ2) is 11.6. The van der Waals surface area contributed by atoms with E-state index in [2.05, 4.69) is 16.6 Å². The summed E-state index contributed by atoms with van der Waals surface area (Å²) in [5.41, 5.74) is 0.386. The summed E-state index contributed by atoms with van der Waals surface area (Å²) in [4.78, 5) is 40.7. The van der Waals surface area contributed by atoms with Crippen molar-refractivity contribution in [2.75, 3.05) is 6.54 Å². The van der Waals surface area contributed by atoms with Gasteiger partial charge in [-0.2, -0.15) is 0 Å². The molecule has 0 radical (unpaired) electrons. The number of terminal acetylenes is 1. The Bertz CT molecular complexity index is 849. The van der Waals surface area contributed by atoms with Gasteiger partial charge in [0, 0.05) is 18.2 Å². The number of hydrogen-bond acceptors (Lipinski definition) is 4. The summed E-state index contributed by atoms with van der Waals surface area (Å²) in [7, 11) is 0. The molecule has 0 bridgehead atoms. The van der Waals surface area contributed by atoms with Crippen LogP contribution < -0.4 is 10.6 Å². The Morgan fingerprint density at radius 3 is 2.16 bits per heavy atom. The Kier molecular flexibility index (Phi) is 9.77. The molecule has 0 heterocycles. The zero-order valence-electron chi connectivity index (χ0n) is 20.5. The van der Waals surface area contributed by atoms with E-state index in [-0.39, 0.29) is 30.3 Å². The number of hydrogen-bond donors (Lipinski definition) is 2. The first kappa shape index (κ1) is 27.0. The number of likely N-dealkylation sites (N-methyl/N-ethyl adjacent to an activating group) is 1. The second-order valence-electron chi connectivity index (χ2n) is 9.29. The van der Waals surface area contributed by atoms with Gasteiger partial charge in [-0.05, 0) is 59.1 Å². The third-order valence-electron chi connectivity index (χ3n) is 4.63. The van der Waals surface area contributed by atoms with Crippen LogP contribution in [-0.4, -0.2) is 47.0 Å². The molecule has 2 N–H and O–H groups in total. The highest BCUT2D eigenvalue weighted by Gasteiger charge is 2.37. The minimum absolute atomic E-state index is 0.127. The molecule has 3 amide bonds. The lowest BCUT2D eigenvalue weighted by atomic mass is 9.96. The lowest BCUT2D eigenvalue weighted by Crippen LogP contribution is -2.55. The Balaban J connectivity index is 3.41. The van der Waals surface area contributed by atoms with E-state index in [4.69, 9.17) is 11.2 Å². The summed E-state index contributed by atoms with van der Waals surface area (Å²) in [6, 6.07) is 5.11. The third-order valence-corrected chi connectivity index (χ3v) is 4.63. The molecule has 2 unspecified atom stereocenters. The predicted octanol–water partition coefficient (Wildman–Crippen LogP) is 3.63. The van der Waals surface area contributed by atoms with Crippen molar-refractivity contribution in [3.05, 3.63) is 35.4 Å². The number of amides is 3. The molecule has 0 aromatic heterocycles. The minimum atomic E-state index is -0.941. The molecule has 7 heteroatoms. The molecule has 0 spiro atoms. The molecule has 32 heavy (non-hydrogen) atoms. The highest BCUT2D eigenvalue weighted by molar-refractivity contribution is 5.92. The van der Waals surface area contributed by atoms with Crippen LogP contribution in [-0.2, 0) is 14.3 Å². The van der Waals surface area contributed by atoms with Crippen LogP contribution in [0.1, 0.15) is 72.6 Å². The zero-order chi connectivity index (χ0) is 24.6. The highest BCUT2D eigenvalue weighted by atomic mass is 16.6. The monoisotopic (exact) mass is 443 g/mol. The van der Waals surface area contributed by atoms with E-state index < -0.39 is 23.8 Å². The molecule has 1 rings (SSSR count). The van der Waals surface area contributed by atoms with Gasteiger partial charge in [0.15, 0.2) is 0 Å². The van der Waals surface area contributed by atoms with E-state index >= 15 is 0 Å². The van der Waals surface area contributed by atoms with Crippen LogP contribution in [0.4, 0.5) is 4.79 Å². The summed E-state index contributed by atoms with van der Waals surface area (Å²) in [5, 5.41) is 5.57. The SMILES string of the molecule is C#Cc1ccccc1C(C(=O)NC(C)C)N(CC)C(=O)C(NC(=O)OC(C)(C)C)C(C)C. The van der Waals surface area contributed by atoms with Crippen LogP contribution in [0.25, 0.3) is 0 Å². The first-order valence-corrected chi connectivity index (χ1v) is 11.0. The van der Waals surface area contributed by atoms with E-state index in [9.17, 15) is 14.4 Å². The van der Waals surface area contributed by atoms with Gasteiger partial charge < -0.3 is 20.3 Å². The van der Waals surface area contributed by atoms with Crippen LogP contribution in [0, 0.1) is 18.3 Å². The number of carbonyl (C=O) groups excluding carboxylic acids is 3. The topological polar surface area (TPSA) is 87.7 Å². The summed E-state index contributed by atoms with van der Waals surface area (Å²) >= 11 is 0. The number of carbonyl (C=O) groups is 3. The lowest BCUT2D eigenvalue weighted by molar-refractivity contribution is -0.143. The van der Waals surface area contributed by atoms with E-state index in [1.807, 2.05) is 27.7 Å². The number of nitrogens with one attached hydrogen (secondary N) is 2. The first-order valence-electron chi connectivity index (χ1n) is 11.0. The van der Waals surface area contributed by atoms with Crippen molar-refractivity contribution in [3.63, 3.8) is 0 Å². The smallest absolute Gasteiger partial charge is 0.408 e. The molecule has 0 saturated heterocycles. The molecular formula is C25H37N3O4. The van der Waals surface area contributed by atoms with Gasteiger partial charge in [-0.1, -0.05) is 38.0 Å². The normalized spacial score (nSPS) is 13.2. The van der Waals surface area contributed by atoms with Gasteiger partial charge in [-0.15, -0.1) is 6.42 Å². The molecule has 2 atom stereocenters. The van der Waals surface area contributed by atoms with Gasteiger partial charge in [-0.25, -0.2) is 4.79 Å². The fraction of sp³-hybridized carbons (Fsp3) is 0.560. The molecule has 1 aromatic carbocycles. The van der Waals surface area contributed by atoms with Crippen LogP contribution in [0.3, 0.4) is 0 Å². The largest absolute Gasteiger partial charge is 0.444 e. The fourth-order valence-corrected chi connectivity index (χ4v) is 3.27. The minimum Gasteiger partial charge on any atom is -0.444 e. The molecule has 7 nitrogen and oxygen atoms in total. The van der Waals surface area contributed by atoms with Gasteiger partial charge >= 0.3 is 6.09 Å².